The van der Waals surface area contributed by atoms with Gasteiger partial charge in [0.2, 0.25) is 5.72 Å². The second-order valence-electron chi connectivity index (χ2n) is 4.45. The summed E-state index contributed by atoms with van der Waals surface area (Å²) in [4.78, 5) is 0. The molecule has 90 valence electrons. The summed E-state index contributed by atoms with van der Waals surface area (Å²) in [6, 6.07) is 0. The number of alkyl halides is 3. The van der Waals surface area contributed by atoms with Gasteiger partial charge in [-0.3, -0.25) is 5.32 Å². The van der Waals surface area contributed by atoms with Gasteiger partial charge in [0, 0.05) is 6.54 Å². The zero-order valence-corrected chi connectivity index (χ0v) is 8.90. The van der Waals surface area contributed by atoms with Crippen LogP contribution in [-0.2, 0) is 0 Å². The molecule has 15 heavy (non-hydrogen) atoms. The fraction of sp³-hybridized carbons (Fsp3) is 1.00. The molecule has 0 saturated heterocycles. The quantitative estimate of drug-likeness (QED) is 0.723. The zero-order chi connectivity index (χ0) is 11.5. The number of hydrogen-bond acceptors (Lipinski definition) is 2. The van der Waals surface area contributed by atoms with Gasteiger partial charge in [0.25, 0.3) is 0 Å². The molecule has 1 aliphatic carbocycles. The number of halogens is 3. The molecular formula is C10H18F3NO. The molecule has 0 amide bonds. The maximum Gasteiger partial charge on any atom is 0.430 e. The fourth-order valence-electron chi connectivity index (χ4n) is 1.83. The van der Waals surface area contributed by atoms with Crippen LogP contribution in [0.3, 0.4) is 0 Å². The molecule has 1 unspecified atom stereocenters. The average Bonchev–Trinajstić information content (AvgIpc) is 2.15. The van der Waals surface area contributed by atoms with Crippen LogP contribution in [0, 0.1) is 5.92 Å². The molecule has 0 aromatic carbocycles. The van der Waals surface area contributed by atoms with Crippen LogP contribution < -0.4 is 5.32 Å². The molecule has 1 atom stereocenters. The Morgan fingerprint density at radius 1 is 1.20 bits per heavy atom. The normalized spacial score (nSPS) is 23.8. The molecule has 5 heteroatoms. The van der Waals surface area contributed by atoms with Crippen molar-refractivity contribution in [2.24, 2.45) is 5.92 Å². The molecule has 1 rings (SSSR count). The van der Waals surface area contributed by atoms with Gasteiger partial charge in [0.05, 0.1) is 0 Å². The third-order valence-electron chi connectivity index (χ3n) is 3.01. The van der Waals surface area contributed by atoms with E-state index in [1.807, 2.05) is 0 Å². The molecule has 2 N–H and O–H groups in total. The molecule has 0 spiro atoms. The maximum absolute atomic E-state index is 12.3. The summed E-state index contributed by atoms with van der Waals surface area (Å²) in [7, 11) is 0. The Morgan fingerprint density at radius 3 is 2.20 bits per heavy atom. The third-order valence-corrected chi connectivity index (χ3v) is 3.01. The van der Waals surface area contributed by atoms with E-state index in [0.29, 0.717) is 0 Å². The SMILES string of the molecule is CC(O)(NCC1CCCCC1)C(F)(F)F. The first kappa shape index (κ1) is 12.8. The number of aliphatic hydroxyl groups is 1. The summed E-state index contributed by atoms with van der Waals surface area (Å²) in [5.74, 6) is 0.271. The standard InChI is InChI=1S/C10H18F3NO/c1-9(15,10(11,12)13)14-7-8-5-3-2-4-6-8/h8,14-15H,2-7H2,1H3. The van der Waals surface area contributed by atoms with Crippen LogP contribution in [-0.4, -0.2) is 23.6 Å². The fourth-order valence-corrected chi connectivity index (χ4v) is 1.83. The molecule has 1 saturated carbocycles. The topological polar surface area (TPSA) is 32.3 Å². The second kappa shape index (κ2) is 4.70. The largest absolute Gasteiger partial charge is 0.430 e. The first-order valence-corrected chi connectivity index (χ1v) is 5.37. The predicted molar refractivity (Wildman–Crippen MR) is 51.3 cm³/mol. The maximum atomic E-state index is 12.3. The van der Waals surface area contributed by atoms with Crippen molar-refractivity contribution in [3.8, 4) is 0 Å². The number of hydrogen-bond donors (Lipinski definition) is 2. The molecule has 0 aromatic heterocycles. The smallest absolute Gasteiger partial charge is 0.368 e. The first-order valence-electron chi connectivity index (χ1n) is 5.37. The molecular weight excluding hydrogens is 207 g/mol. The lowest BCUT2D eigenvalue weighted by Gasteiger charge is -2.30. The highest BCUT2D eigenvalue weighted by atomic mass is 19.4. The van der Waals surface area contributed by atoms with Gasteiger partial charge >= 0.3 is 6.18 Å². The van der Waals surface area contributed by atoms with Crippen molar-refractivity contribution in [2.75, 3.05) is 6.54 Å². The second-order valence-corrected chi connectivity index (χ2v) is 4.45. The molecule has 1 aliphatic rings. The lowest BCUT2D eigenvalue weighted by Crippen LogP contribution is -2.55. The van der Waals surface area contributed by atoms with Gasteiger partial charge in [-0.15, -0.1) is 0 Å². The summed E-state index contributed by atoms with van der Waals surface area (Å²) in [5.41, 5.74) is -2.76. The van der Waals surface area contributed by atoms with Gasteiger partial charge in [-0.2, -0.15) is 13.2 Å². The molecule has 0 radical (unpaired) electrons. The first-order chi connectivity index (χ1) is 6.83. The minimum absolute atomic E-state index is 0.243. The third kappa shape index (κ3) is 3.65. The minimum atomic E-state index is -4.61. The molecule has 2 nitrogen and oxygen atoms in total. The lowest BCUT2D eigenvalue weighted by atomic mass is 9.89. The molecule has 0 aliphatic heterocycles. The molecule has 0 bridgehead atoms. The Labute approximate surface area is 87.9 Å². The van der Waals surface area contributed by atoms with Crippen molar-refractivity contribution in [2.45, 2.75) is 50.9 Å². The van der Waals surface area contributed by atoms with Crippen molar-refractivity contribution in [3.05, 3.63) is 0 Å². The highest BCUT2D eigenvalue weighted by Gasteiger charge is 2.49. The summed E-state index contributed by atoms with van der Waals surface area (Å²) in [6.45, 7) is 1.00. The van der Waals surface area contributed by atoms with E-state index in [1.165, 1.54) is 6.42 Å². The van der Waals surface area contributed by atoms with Crippen LogP contribution in [0.25, 0.3) is 0 Å². The van der Waals surface area contributed by atoms with E-state index in [9.17, 15) is 13.2 Å². The monoisotopic (exact) mass is 225 g/mol. The van der Waals surface area contributed by atoms with Crippen LogP contribution in [0.2, 0.25) is 0 Å². The van der Waals surface area contributed by atoms with E-state index in [2.05, 4.69) is 5.32 Å². The Hall–Kier alpha value is -0.290. The number of rotatable bonds is 3. The highest BCUT2D eigenvalue weighted by Crippen LogP contribution is 2.29. The van der Waals surface area contributed by atoms with Gasteiger partial charge in [-0.05, 0) is 25.7 Å². The van der Waals surface area contributed by atoms with Gasteiger partial charge in [-0.25, -0.2) is 0 Å². The molecule has 0 aromatic rings. The Kier molecular flexibility index (Phi) is 4.00. The van der Waals surface area contributed by atoms with Crippen molar-refractivity contribution < 1.29 is 18.3 Å². The van der Waals surface area contributed by atoms with Crippen LogP contribution in [0.4, 0.5) is 13.2 Å². The van der Waals surface area contributed by atoms with E-state index in [-0.39, 0.29) is 12.5 Å². The summed E-state index contributed by atoms with van der Waals surface area (Å²) >= 11 is 0. The number of nitrogens with one attached hydrogen (secondary N) is 1. The van der Waals surface area contributed by atoms with Gasteiger partial charge in [0.15, 0.2) is 0 Å². The van der Waals surface area contributed by atoms with E-state index in [1.54, 1.807) is 0 Å². The van der Waals surface area contributed by atoms with Gasteiger partial charge < -0.3 is 5.11 Å². The van der Waals surface area contributed by atoms with E-state index >= 15 is 0 Å². The Bertz CT molecular complexity index is 197. The average molecular weight is 225 g/mol. The van der Waals surface area contributed by atoms with E-state index < -0.39 is 11.9 Å². The predicted octanol–water partition coefficient (Wildman–Crippen LogP) is 2.43. The summed E-state index contributed by atoms with van der Waals surface area (Å²) < 4.78 is 36.8. The van der Waals surface area contributed by atoms with Crippen molar-refractivity contribution in [1.82, 2.24) is 5.32 Å². The van der Waals surface area contributed by atoms with Crippen LogP contribution in [0.15, 0.2) is 0 Å². The van der Waals surface area contributed by atoms with Crippen molar-refractivity contribution in [3.63, 3.8) is 0 Å². The van der Waals surface area contributed by atoms with E-state index in [0.717, 1.165) is 32.6 Å². The summed E-state index contributed by atoms with van der Waals surface area (Å²) in [5, 5.41) is 11.3. The molecule has 0 heterocycles. The highest BCUT2D eigenvalue weighted by molar-refractivity contribution is 4.80. The van der Waals surface area contributed by atoms with Crippen molar-refractivity contribution in [1.29, 1.82) is 0 Å². The lowest BCUT2D eigenvalue weighted by molar-refractivity contribution is -0.265. The Morgan fingerprint density at radius 2 is 1.73 bits per heavy atom. The van der Waals surface area contributed by atoms with Gasteiger partial charge in [0.1, 0.15) is 0 Å². The molecule has 1 fully saturated rings. The van der Waals surface area contributed by atoms with Crippen LogP contribution in [0.1, 0.15) is 39.0 Å². The summed E-state index contributed by atoms with van der Waals surface area (Å²) in [6.07, 6.45) is 0.650. The van der Waals surface area contributed by atoms with Gasteiger partial charge in [-0.1, -0.05) is 19.3 Å². The Balaban J connectivity index is 2.35. The van der Waals surface area contributed by atoms with Crippen molar-refractivity contribution >= 4 is 0 Å². The van der Waals surface area contributed by atoms with E-state index in [4.69, 9.17) is 5.11 Å². The zero-order valence-electron chi connectivity index (χ0n) is 8.90. The van der Waals surface area contributed by atoms with Crippen LogP contribution >= 0.6 is 0 Å². The van der Waals surface area contributed by atoms with Crippen LogP contribution in [0.5, 0.6) is 0 Å². The minimum Gasteiger partial charge on any atom is -0.368 e.